The first-order chi connectivity index (χ1) is 5.04. The lowest BCUT2D eigenvalue weighted by Gasteiger charge is -1.99. The van der Waals surface area contributed by atoms with Gasteiger partial charge in [0.05, 0.1) is 0 Å². The SMILES string of the molecule is [CH2]Cc1csc(C(F)(F)F)c1. The van der Waals surface area contributed by atoms with Crippen molar-refractivity contribution in [3.63, 3.8) is 0 Å². The standard InChI is InChI=1S/C7H6F3S/c1-2-5-3-6(11-4-5)7(8,9)10/h3-4H,1-2H2. The molecule has 0 atom stereocenters. The molecule has 0 fully saturated rings. The molecule has 61 valence electrons. The summed E-state index contributed by atoms with van der Waals surface area (Å²) < 4.78 is 35.8. The van der Waals surface area contributed by atoms with Crippen LogP contribution in [-0.4, -0.2) is 0 Å². The highest BCUT2D eigenvalue weighted by molar-refractivity contribution is 7.10. The molecule has 0 unspecified atom stereocenters. The summed E-state index contributed by atoms with van der Waals surface area (Å²) >= 11 is 0.716. The Hall–Kier alpha value is -0.510. The lowest BCUT2D eigenvalue weighted by molar-refractivity contribution is -0.134. The third-order valence-corrected chi connectivity index (χ3v) is 2.25. The summed E-state index contributed by atoms with van der Waals surface area (Å²) in [5.41, 5.74) is 0.641. The molecule has 0 N–H and O–H groups in total. The van der Waals surface area contributed by atoms with Crippen molar-refractivity contribution in [2.45, 2.75) is 12.6 Å². The zero-order valence-electron chi connectivity index (χ0n) is 5.61. The molecule has 1 aromatic rings. The van der Waals surface area contributed by atoms with E-state index in [1.54, 1.807) is 0 Å². The number of thiophene rings is 1. The maximum Gasteiger partial charge on any atom is 0.425 e. The van der Waals surface area contributed by atoms with Crippen LogP contribution in [0.1, 0.15) is 10.4 Å². The van der Waals surface area contributed by atoms with Crippen molar-refractivity contribution in [2.75, 3.05) is 0 Å². The first-order valence-corrected chi connectivity index (χ1v) is 3.86. The molecule has 0 aliphatic heterocycles. The van der Waals surface area contributed by atoms with Crippen molar-refractivity contribution in [1.82, 2.24) is 0 Å². The molecule has 0 aliphatic carbocycles. The Bertz CT molecular complexity index is 236. The van der Waals surface area contributed by atoms with Crippen LogP contribution in [0.4, 0.5) is 13.2 Å². The molecular weight excluding hydrogens is 173 g/mol. The van der Waals surface area contributed by atoms with Crippen molar-refractivity contribution in [2.24, 2.45) is 0 Å². The van der Waals surface area contributed by atoms with Crippen molar-refractivity contribution < 1.29 is 13.2 Å². The normalized spacial score (nSPS) is 12.0. The fourth-order valence-corrected chi connectivity index (χ4v) is 1.47. The molecule has 1 radical (unpaired) electrons. The highest BCUT2D eigenvalue weighted by atomic mass is 32.1. The number of halogens is 3. The Morgan fingerprint density at radius 2 is 2.09 bits per heavy atom. The Balaban J connectivity index is 2.89. The van der Waals surface area contributed by atoms with Gasteiger partial charge in [-0.15, -0.1) is 11.3 Å². The molecule has 0 amide bonds. The summed E-state index contributed by atoms with van der Waals surface area (Å²) in [4.78, 5) is -0.545. The molecule has 11 heavy (non-hydrogen) atoms. The van der Waals surface area contributed by atoms with Gasteiger partial charge in [0, 0.05) is 0 Å². The fraction of sp³-hybridized carbons (Fsp3) is 0.286. The average Bonchev–Trinajstić information content (AvgIpc) is 2.32. The van der Waals surface area contributed by atoms with E-state index in [2.05, 4.69) is 6.92 Å². The smallest absolute Gasteiger partial charge is 0.165 e. The Labute approximate surface area is 66.7 Å². The Morgan fingerprint density at radius 1 is 1.45 bits per heavy atom. The highest BCUT2D eigenvalue weighted by Crippen LogP contribution is 2.33. The van der Waals surface area contributed by atoms with Gasteiger partial charge in [-0.3, -0.25) is 0 Å². The second-order valence-corrected chi connectivity index (χ2v) is 2.98. The summed E-state index contributed by atoms with van der Waals surface area (Å²) in [6, 6.07) is 1.14. The molecule has 0 saturated heterocycles. The zero-order chi connectivity index (χ0) is 8.48. The molecule has 0 aliphatic rings. The van der Waals surface area contributed by atoms with Crippen LogP contribution in [0.25, 0.3) is 0 Å². The first-order valence-electron chi connectivity index (χ1n) is 2.98. The minimum absolute atomic E-state index is 0.409. The van der Waals surface area contributed by atoms with Crippen molar-refractivity contribution in [1.29, 1.82) is 0 Å². The van der Waals surface area contributed by atoms with Gasteiger partial charge in [0.25, 0.3) is 0 Å². The van der Waals surface area contributed by atoms with Gasteiger partial charge in [0.2, 0.25) is 0 Å². The van der Waals surface area contributed by atoms with Crippen molar-refractivity contribution in [3.8, 4) is 0 Å². The van der Waals surface area contributed by atoms with Gasteiger partial charge < -0.3 is 0 Å². The monoisotopic (exact) mass is 179 g/mol. The number of alkyl halides is 3. The first kappa shape index (κ1) is 8.59. The van der Waals surface area contributed by atoms with Gasteiger partial charge in [0.1, 0.15) is 4.88 Å². The molecule has 0 aromatic carbocycles. The van der Waals surface area contributed by atoms with Crippen LogP contribution in [-0.2, 0) is 12.6 Å². The van der Waals surface area contributed by atoms with E-state index in [-0.39, 0.29) is 0 Å². The van der Waals surface area contributed by atoms with E-state index in [0.717, 1.165) is 6.07 Å². The highest BCUT2D eigenvalue weighted by Gasteiger charge is 2.32. The van der Waals surface area contributed by atoms with E-state index in [9.17, 15) is 13.2 Å². The predicted molar refractivity (Wildman–Crippen MR) is 38.4 cm³/mol. The largest absolute Gasteiger partial charge is 0.425 e. The second kappa shape index (κ2) is 2.85. The van der Waals surface area contributed by atoms with Crippen LogP contribution >= 0.6 is 11.3 Å². The van der Waals surface area contributed by atoms with E-state index in [4.69, 9.17) is 0 Å². The quantitative estimate of drug-likeness (QED) is 0.621. The maximum atomic E-state index is 11.9. The van der Waals surface area contributed by atoms with Crippen LogP contribution in [0.5, 0.6) is 0 Å². The predicted octanol–water partition coefficient (Wildman–Crippen LogP) is 3.14. The third kappa shape index (κ3) is 1.96. The van der Waals surface area contributed by atoms with Gasteiger partial charge in [-0.05, 0) is 30.4 Å². The molecule has 4 heteroatoms. The summed E-state index contributed by atoms with van der Waals surface area (Å²) in [6.45, 7) is 3.49. The van der Waals surface area contributed by atoms with Crippen LogP contribution in [0.3, 0.4) is 0 Å². The minimum Gasteiger partial charge on any atom is -0.165 e. The Morgan fingerprint density at radius 3 is 2.36 bits per heavy atom. The van der Waals surface area contributed by atoms with Gasteiger partial charge in [-0.2, -0.15) is 13.2 Å². The average molecular weight is 179 g/mol. The van der Waals surface area contributed by atoms with Crippen LogP contribution < -0.4 is 0 Å². The minimum atomic E-state index is -4.20. The van der Waals surface area contributed by atoms with Crippen molar-refractivity contribution in [3.05, 3.63) is 28.8 Å². The zero-order valence-corrected chi connectivity index (χ0v) is 6.43. The molecular formula is C7H6F3S. The van der Waals surface area contributed by atoms with Crippen molar-refractivity contribution >= 4 is 11.3 Å². The molecule has 0 saturated carbocycles. The van der Waals surface area contributed by atoms with Crippen LogP contribution in [0.2, 0.25) is 0 Å². The second-order valence-electron chi connectivity index (χ2n) is 2.07. The van der Waals surface area contributed by atoms with E-state index < -0.39 is 11.1 Å². The van der Waals surface area contributed by atoms with E-state index in [1.165, 1.54) is 5.38 Å². The maximum absolute atomic E-state index is 11.9. The number of hydrogen-bond acceptors (Lipinski definition) is 1. The third-order valence-electron chi connectivity index (χ3n) is 1.22. The number of rotatable bonds is 1. The molecule has 1 heterocycles. The van der Waals surface area contributed by atoms with E-state index in [1.807, 2.05) is 0 Å². The van der Waals surface area contributed by atoms with Gasteiger partial charge in [-0.25, -0.2) is 0 Å². The fourth-order valence-electron chi connectivity index (χ4n) is 0.655. The van der Waals surface area contributed by atoms with E-state index >= 15 is 0 Å². The summed E-state index contributed by atoms with van der Waals surface area (Å²) in [5.74, 6) is 0. The van der Waals surface area contributed by atoms with Gasteiger partial charge >= 0.3 is 6.18 Å². The van der Waals surface area contributed by atoms with Crippen LogP contribution in [0.15, 0.2) is 11.4 Å². The summed E-state index contributed by atoms with van der Waals surface area (Å²) in [7, 11) is 0. The summed E-state index contributed by atoms with van der Waals surface area (Å²) in [6.07, 6.45) is -3.79. The molecule has 0 spiro atoms. The lowest BCUT2D eigenvalue weighted by Crippen LogP contribution is -2.00. The summed E-state index contributed by atoms with van der Waals surface area (Å²) in [5, 5.41) is 1.48. The Kier molecular flexibility index (Phi) is 2.23. The topological polar surface area (TPSA) is 0 Å². The van der Waals surface area contributed by atoms with Gasteiger partial charge in [0.15, 0.2) is 0 Å². The molecule has 1 aromatic heterocycles. The molecule has 0 bridgehead atoms. The lowest BCUT2D eigenvalue weighted by atomic mass is 10.2. The van der Waals surface area contributed by atoms with E-state index in [0.29, 0.717) is 23.3 Å². The molecule has 0 nitrogen and oxygen atoms in total. The van der Waals surface area contributed by atoms with Gasteiger partial charge in [-0.1, -0.05) is 0 Å². The molecule has 1 rings (SSSR count). The number of hydrogen-bond donors (Lipinski definition) is 0. The van der Waals surface area contributed by atoms with Crippen LogP contribution in [0, 0.1) is 6.92 Å².